The fourth-order valence-electron chi connectivity index (χ4n) is 2.31. The number of fused-ring (bicyclic) bond motifs is 1. The second-order valence-electron chi connectivity index (χ2n) is 4.79. The molecule has 0 N–H and O–H groups in total. The zero-order valence-electron chi connectivity index (χ0n) is 12.5. The summed E-state index contributed by atoms with van der Waals surface area (Å²) in [4.78, 5) is 21.3. The van der Waals surface area contributed by atoms with E-state index in [1.54, 1.807) is 24.9 Å². The number of benzene rings is 1. The second kappa shape index (κ2) is 5.81. The number of thioether (sulfide) groups is 1. The van der Waals surface area contributed by atoms with Crippen LogP contribution in [0, 0.1) is 0 Å². The first-order chi connectivity index (χ1) is 10.6. The molecule has 2 aromatic heterocycles. The molecule has 0 spiro atoms. The normalized spacial score (nSPS) is 10.9. The van der Waals surface area contributed by atoms with Crippen molar-refractivity contribution in [2.45, 2.75) is 5.16 Å². The molecule has 112 valence electrons. The first-order valence-electron chi connectivity index (χ1n) is 6.69. The Morgan fingerprint density at radius 3 is 2.59 bits per heavy atom. The Hall–Kier alpha value is -2.34. The van der Waals surface area contributed by atoms with E-state index in [0.29, 0.717) is 16.4 Å². The van der Waals surface area contributed by atoms with Crippen LogP contribution in [0.15, 0.2) is 46.5 Å². The third-order valence-electron chi connectivity index (χ3n) is 3.51. The highest BCUT2D eigenvalue weighted by Crippen LogP contribution is 2.23. The Morgan fingerprint density at radius 1 is 1.23 bits per heavy atom. The van der Waals surface area contributed by atoms with Crippen LogP contribution in [-0.4, -0.2) is 27.9 Å². The average molecular weight is 313 g/mol. The minimum atomic E-state index is -0.0802. The van der Waals surface area contributed by atoms with Crippen molar-refractivity contribution in [3.8, 4) is 16.9 Å². The summed E-state index contributed by atoms with van der Waals surface area (Å²) in [5.74, 6) is 0.759. The lowest BCUT2D eigenvalue weighted by atomic mass is 10.1. The van der Waals surface area contributed by atoms with Crippen LogP contribution in [0.5, 0.6) is 5.75 Å². The SMILES string of the molecule is COc1ccc(-c2cc3cnc(SC)nc3n(C)c2=O)cc1. The zero-order chi connectivity index (χ0) is 15.7. The molecule has 0 amide bonds. The topological polar surface area (TPSA) is 57.0 Å². The number of nitrogens with zero attached hydrogens (tertiary/aromatic N) is 3. The molecule has 0 aliphatic rings. The van der Waals surface area contributed by atoms with Gasteiger partial charge in [-0.2, -0.15) is 0 Å². The monoisotopic (exact) mass is 313 g/mol. The molecular formula is C16H15N3O2S. The maximum Gasteiger partial charge on any atom is 0.259 e. The van der Waals surface area contributed by atoms with Gasteiger partial charge in [-0.15, -0.1) is 0 Å². The lowest BCUT2D eigenvalue weighted by Gasteiger charge is -2.09. The van der Waals surface area contributed by atoms with Gasteiger partial charge in [0.1, 0.15) is 11.4 Å². The Bertz CT molecular complexity index is 888. The third kappa shape index (κ3) is 2.46. The molecule has 0 aliphatic heterocycles. The summed E-state index contributed by atoms with van der Waals surface area (Å²) < 4.78 is 6.71. The number of rotatable bonds is 3. The van der Waals surface area contributed by atoms with Crippen molar-refractivity contribution in [3.05, 3.63) is 46.9 Å². The fourth-order valence-corrected chi connectivity index (χ4v) is 2.64. The highest BCUT2D eigenvalue weighted by molar-refractivity contribution is 7.98. The molecule has 0 radical (unpaired) electrons. The average Bonchev–Trinajstić information content (AvgIpc) is 2.58. The van der Waals surface area contributed by atoms with Gasteiger partial charge in [0.2, 0.25) is 0 Å². The fraction of sp³-hybridized carbons (Fsp3) is 0.188. The minimum absolute atomic E-state index is 0.0802. The Kier molecular flexibility index (Phi) is 3.85. The molecule has 0 aliphatic carbocycles. The number of methoxy groups -OCH3 is 1. The van der Waals surface area contributed by atoms with Crippen molar-refractivity contribution in [2.75, 3.05) is 13.4 Å². The summed E-state index contributed by atoms with van der Waals surface area (Å²) in [6.07, 6.45) is 3.66. The van der Waals surface area contributed by atoms with E-state index < -0.39 is 0 Å². The predicted molar refractivity (Wildman–Crippen MR) is 88.5 cm³/mol. The zero-order valence-corrected chi connectivity index (χ0v) is 13.3. The van der Waals surface area contributed by atoms with E-state index in [1.807, 2.05) is 36.6 Å². The maximum atomic E-state index is 12.6. The van der Waals surface area contributed by atoms with Gasteiger partial charge in [0.05, 0.1) is 7.11 Å². The first-order valence-corrected chi connectivity index (χ1v) is 7.91. The van der Waals surface area contributed by atoms with Gasteiger partial charge in [0.25, 0.3) is 5.56 Å². The predicted octanol–water partition coefficient (Wildman–Crippen LogP) is 2.73. The van der Waals surface area contributed by atoms with Gasteiger partial charge >= 0.3 is 0 Å². The van der Waals surface area contributed by atoms with Crippen LogP contribution in [0.25, 0.3) is 22.2 Å². The van der Waals surface area contributed by atoms with Gasteiger partial charge < -0.3 is 4.74 Å². The van der Waals surface area contributed by atoms with E-state index in [1.165, 1.54) is 11.8 Å². The van der Waals surface area contributed by atoms with Crippen LogP contribution in [0.3, 0.4) is 0 Å². The number of hydrogen-bond acceptors (Lipinski definition) is 5. The quantitative estimate of drug-likeness (QED) is 0.550. The van der Waals surface area contributed by atoms with Gasteiger partial charge in [-0.1, -0.05) is 23.9 Å². The summed E-state index contributed by atoms with van der Waals surface area (Å²) in [7, 11) is 3.35. The molecule has 2 heterocycles. The van der Waals surface area contributed by atoms with Crippen molar-refractivity contribution >= 4 is 22.8 Å². The van der Waals surface area contributed by atoms with E-state index in [0.717, 1.165) is 16.7 Å². The third-order valence-corrected chi connectivity index (χ3v) is 4.07. The van der Waals surface area contributed by atoms with Crippen molar-refractivity contribution in [2.24, 2.45) is 7.05 Å². The van der Waals surface area contributed by atoms with E-state index >= 15 is 0 Å². The second-order valence-corrected chi connectivity index (χ2v) is 5.56. The molecular weight excluding hydrogens is 298 g/mol. The summed E-state index contributed by atoms with van der Waals surface area (Å²) in [5.41, 5.74) is 2.03. The Balaban J connectivity index is 2.22. The molecule has 1 aromatic carbocycles. The number of hydrogen-bond donors (Lipinski definition) is 0. The number of pyridine rings is 1. The smallest absolute Gasteiger partial charge is 0.259 e. The van der Waals surface area contributed by atoms with Gasteiger partial charge in [-0.05, 0) is 30.0 Å². The Morgan fingerprint density at radius 2 is 1.95 bits per heavy atom. The molecule has 0 fully saturated rings. The lowest BCUT2D eigenvalue weighted by Crippen LogP contribution is -2.20. The van der Waals surface area contributed by atoms with Crippen LogP contribution in [0.2, 0.25) is 0 Å². The Labute approximate surface area is 132 Å². The largest absolute Gasteiger partial charge is 0.497 e. The lowest BCUT2D eigenvalue weighted by molar-refractivity contribution is 0.415. The van der Waals surface area contributed by atoms with Crippen molar-refractivity contribution in [1.29, 1.82) is 0 Å². The van der Waals surface area contributed by atoms with Crippen LogP contribution >= 0.6 is 11.8 Å². The highest BCUT2D eigenvalue weighted by atomic mass is 32.2. The summed E-state index contributed by atoms with van der Waals surface area (Å²) in [6.45, 7) is 0. The minimum Gasteiger partial charge on any atom is -0.497 e. The molecule has 3 rings (SSSR count). The van der Waals surface area contributed by atoms with Crippen molar-refractivity contribution in [3.63, 3.8) is 0 Å². The van der Waals surface area contributed by atoms with E-state index in [9.17, 15) is 4.79 Å². The maximum absolute atomic E-state index is 12.6. The van der Waals surface area contributed by atoms with E-state index in [2.05, 4.69) is 9.97 Å². The molecule has 5 nitrogen and oxygen atoms in total. The van der Waals surface area contributed by atoms with Crippen LogP contribution in [0.4, 0.5) is 0 Å². The van der Waals surface area contributed by atoms with Gasteiger partial charge in [0.15, 0.2) is 5.16 Å². The number of ether oxygens (including phenoxy) is 1. The molecule has 3 aromatic rings. The number of aromatic nitrogens is 3. The van der Waals surface area contributed by atoms with Gasteiger partial charge in [-0.25, -0.2) is 9.97 Å². The van der Waals surface area contributed by atoms with Gasteiger partial charge in [-0.3, -0.25) is 9.36 Å². The van der Waals surface area contributed by atoms with Crippen molar-refractivity contribution in [1.82, 2.24) is 14.5 Å². The van der Waals surface area contributed by atoms with Crippen LogP contribution in [-0.2, 0) is 7.05 Å². The van der Waals surface area contributed by atoms with E-state index in [-0.39, 0.29) is 5.56 Å². The summed E-state index contributed by atoms with van der Waals surface area (Å²) >= 11 is 1.45. The van der Waals surface area contributed by atoms with Crippen molar-refractivity contribution < 1.29 is 4.74 Å². The molecule has 0 atom stereocenters. The van der Waals surface area contributed by atoms with Gasteiger partial charge in [0, 0.05) is 24.2 Å². The number of aryl methyl sites for hydroxylation is 1. The molecule has 0 unspecified atom stereocenters. The molecule has 22 heavy (non-hydrogen) atoms. The molecule has 0 saturated carbocycles. The standard InChI is InChI=1S/C16H15N3O2S/c1-19-14-11(9-17-16(18-14)22-3)8-13(15(19)20)10-4-6-12(21-2)7-5-10/h4-9H,1-3H3. The summed E-state index contributed by atoms with van der Waals surface area (Å²) in [5, 5.41) is 1.49. The summed E-state index contributed by atoms with van der Waals surface area (Å²) in [6, 6.07) is 9.26. The van der Waals surface area contributed by atoms with Crippen LogP contribution < -0.4 is 10.3 Å². The highest BCUT2D eigenvalue weighted by Gasteiger charge is 2.11. The molecule has 6 heteroatoms. The molecule has 0 saturated heterocycles. The van der Waals surface area contributed by atoms with E-state index in [4.69, 9.17) is 4.74 Å². The first kappa shape index (κ1) is 14.6. The van der Waals surface area contributed by atoms with Crippen LogP contribution in [0.1, 0.15) is 0 Å². The molecule has 0 bridgehead atoms.